The Morgan fingerprint density at radius 2 is 1.19 bits per heavy atom. The standard InChI is InChI=1S/C19H31N3O9/c20-5-7-28-9-11-30-13-15-31-14-12-29-10-8-27-6-1-2-17-3-4-18(21(23)24)16-19(17)22(25)26/h3-4,16H,1-2,5-15,20H2. The molecule has 0 spiro atoms. The molecule has 1 aromatic carbocycles. The molecule has 12 heteroatoms. The minimum atomic E-state index is -0.653. The van der Waals surface area contributed by atoms with Crippen molar-refractivity contribution in [2.75, 3.05) is 72.6 Å². The Hall–Kier alpha value is -2.22. The van der Waals surface area contributed by atoms with Crippen LogP contribution in [0.3, 0.4) is 0 Å². The number of benzene rings is 1. The molecule has 0 bridgehead atoms. The molecular weight excluding hydrogens is 414 g/mol. The van der Waals surface area contributed by atoms with Gasteiger partial charge in [-0.1, -0.05) is 0 Å². The molecule has 0 aromatic heterocycles. The normalized spacial score (nSPS) is 11.0. The zero-order chi connectivity index (χ0) is 22.7. The van der Waals surface area contributed by atoms with Gasteiger partial charge in [-0.05, 0) is 18.9 Å². The third-order valence-electron chi connectivity index (χ3n) is 3.96. The molecule has 31 heavy (non-hydrogen) atoms. The summed E-state index contributed by atoms with van der Waals surface area (Å²) in [5.74, 6) is 0. The minimum Gasteiger partial charge on any atom is -0.379 e. The maximum absolute atomic E-state index is 11.1. The lowest BCUT2D eigenvalue weighted by Gasteiger charge is -2.08. The molecule has 0 heterocycles. The monoisotopic (exact) mass is 445 g/mol. The van der Waals surface area contributed by atoms with Crippen molar-refractivity contribution < 1.29 is 33.5 Å². The van der Waals surface area contributed by atoms with Crippen molar-refractivity contribution in [1.29, 1.82) is 0 Å². The van der Waals surface area contributed by atoms with Crippen LogP contribution in [-0.4, -0.2) is 82.5 Å². The van der Waals surface area contributed by atoms with Gasteiger partial charge in [-0.2, -0.15) is 0 Å². The second-order valence-electron chi connectivity index (χ2n) is 6.28. The van der Waals surface area contributed by atoms with Gasteiger partial charge in [0.1, 0.15) is 0 Å². The van der Waals surface area contributed by atoms with E-state index in [2.05, 4.69) is 0 Å². The van der Waals surface area contributed by atoms with Gasteiger partial charge in [0, 0.05) is 24.8 Å². The lowest BCUT2D eigenvalue weighted by atomic mass is 10.1. The summed E-state index contributed by atoms with van der Waals surface area (Å²) >= 11 is 0. The van der Waals surface area contributed by atoms with Gasteiger partial charge >= 0.3 is 0 Å². The lowest BCUT2D eigenvalue weighted by molar-refractivity contribution is -0.394. The van der Waals surface area contributed by atoms with Crippen molar-refractivity contribution in [3.05, 3.63) is 44.0 Å². The van der Waals surface area contributed by atoms with Crippen molar-refractivity contribution in [3.63, 3.8) is 0 Å². The number of nitrogens with zero attached hydrogens (tertiary/aromatic N) is 2. The number of nitro groups is 2. The van der Waals surface area contributed by atoms with E-state index in [1.165, 1.54) is 12.1 Å². The number of ether oxygens (including phenoxy) is 5. The number of hydrogen-bond donors (Lipinski definition) is 1. The second-order valence-corrected chi connectivity index (χ2v) is 6.28. The summed E-state index contributed by atoms with van der Waals surface area (Å²) in [6.45, 7) is 5.14. The second kappa shape index (κ2) is 17.5. The molecule has 0 saturated carbocycles. The fourth-order valence-electron chi connectivity index (χ4n) is 2.48. The van der Waals surface area contributed by atoms with Gasteiger partial charge in [0.2, 0.25) is 0 Å². The van der Waals surface area contributed by atoms with Crippen LogP contribution in [0.2, 0.25) is 0 Å². The van der Waals surface area contributed by atoms with E-state index in [1.54, 1.807) is 0 Å². The number of rotatable bonds is 20. The van der Waals surface area contributed by atoms with E-state index in [0.29, 0.717) is 91.0 Å². The maximum atomic E-state index is 11.1. The number of aryl methyl sites for hydroxylation is 1. The van der Waals surface area contributed by atoms with E-state index in [9.17, 15) is 20.2 Å². The molecule has 0 fully saturated rings. The third-order valence-corrected chi connectivity index (χ3v) is 3.96. The van der Waals surface area contributed by atoms with Crippen LogP contribution in [0.4, 0.5) is 11.4 Å². The van der Waals surface area contributed by atoms with Gasteiger partial charge in [-0.3, -0.25) is 20.2 Å². The van der Waals surface area contributed by atoms with Gasteiger partial charge in [0.05, 0.1) is 75.4 Å². The number of nitro benzene ring substituents is 2. The molecule has 0 atom stereocenters. The van der Waals surface area contributed by atoms with Crippen LogP contribution in [0.15, 0.2) is 18.2 Å². The molecule has 176 valence electrons. The average Bonchev–Trinajstić information content (AvgIpc) is 2.75. The summed E-state index contributed by atoms with van der Waals surface area (Å²) in [6.07, 6.45) is 0.948. The first-order chi connectivity index (χ1) is 15.1. The van der Waals surface area contributed by atoms with Gasteiger partial charge < -0.3 is 29.4 Å². The highest BCUT2D eigenvalue weighted by Crippen LogP contribution is 2.25. The first-order valence-electron chi connectivity index (χ1n) is 10.1. The third kappa shape index (κ3) is 12.9. The molecule has 0 radical (unpaired) electrons. The molecule has 0 aliphatic rings. The molecule has 12 nitrogen and oxygen atoms in total. The zero-order valence-electron chi connectivity index (χ0n) is 17.6. The van der Waals surface area contributed by atoms with Crippen molar-refractivity contribution in [2.24, 2.45) is 5.73 Å². The van der Waals surface area contributed by atoms with E-state index in [4.69, 9.17) is 29.4 Å². The van der Waals surface area contributed by atoms with E-state index >= 15 is 0 Å². The lowest BCUT2D eigenvalue weighted by Crippen LogP contribution is -2.15. The molecule has 1 aromatic rings. The van der Waals surface area contributed by atoms with Crippen LogP contribution in [-0.2, 0) is 30.1 Å². The van der Waals surface area contributed by atoms with Crippen molar-refractivity contribution >= 4 is 11.4 Å². The Morgan fingerprint density at radius 3 is 1.65 bits per heavy atom. The fraction of sp³-hybridized carbons (Fsp3) is 0.684. The minimum absolute atomic E-state index is 0.247. The molecular formula is C19H31N3O9. The van der Waals surface area contributed by atoms with Crippen LogP contribution < -0.4 is 5.73 Å². The van der Waals surface area contributed by atoms with Crippen molar-refractivity contribution in [2.45, 2.75) is 12.8 Å². The average molecular weight is 445 g/mol. The number of nitrogens with two attached hydrogens (primary N) is 1. The van der Waals surface area contributed by atoms with Gasteiger partial charge in [0.25, 0.3) is 11.4 Å². The van der Waals surface area contributed by atoms with Crippen molar-refractivity contribution in [3.8, 4) is 0 Å². The first kappa shape index (κ1) is 26.8. The summed E-state index contributed by atoms with van der Waals surface area (Å²) in [6, 6.07) is 3.67. The molecule has 0 amide bonds. The van der Waals surface area contributed by atoms with Gasteiger partial charge in [0.15, 0.2) is 0 Å². The highest BCUT2D eigenvalue weighted by molar-refractivity contribution is 5.49. The van der Waals surface area contributed by atoms with Crippen LogP contribution >= 0.6 is 0 Å². The van der Waals surface area contributed by atoms with E-state index in [-0.39, 0.29) is 11.4 Å². The topological polar surface area (TPSA) is 158 Å². The highest BCUT2D eigenvalue weighted by atomic mass is 16.6. The molecule has 0 saturated heterocycles. The molecule has 0 aliphatic carbocycles. The predicted octanol–water partition coefficient (Wildman–Crippen LogP) is 1.48. The van der Waals surface area contributed by atoms with Crippen LogP contribution in [0.1, 0.15) is 12.0 Å². The summed E-state index contributed by atoms with van der Waals surface area (Å²) in [5, 5.41) is 21.8. The summed E-state index contributed by atoms with van der Waals surface area (Å²) in [7, 11) is 0. The van der Waals surface area contributed by atoms with Crippen LogP contribution in [0, 0.1) is 20.2 Å². The van der Waals surface area contributed by atoms with E-state index < -0.39 is 9.85 Å². The maximum Gasteiger partial charge on any atom is 0.279 e. The van der Waals surface area contributed by atoms with Gasteiger partial charge in [-0.25, -0.2) is 0 Å². The van der Waals surface area contributed by atoms with Crippen molar-refractivity contribution in [1.82, 2.24) is 0 Å². The molecule has 0 unspecified atom stereocenters. The zero-order valence-corrected chi connectivity index (χ0v) is 17.6. The Bertz CT molecular complexity index is 646. The van der Waals surface area contributed by atoms with Crippen LogP contribution in [0.5, 0.6) is 0 Å². The largest absolute Gasteiger partial charge is 0.379 e. The predicted molar refractivity (Wildman–Crippen MR) is 111 cm³/mol. The molecule has 0 aliphatic heterocycles. The van der Waals surface area contributed by atoms with E-state index in [1.807, 2.05) is 0 Å². The smallest absolute Gasteiger partial charge is 0.279 e. The Kier molecular flexibility index (Phi) is 15.1. The Balaban J connectivity index is 1.97. The Labute approximate surface area is 180 Å². The van der Waals surface area contributed by atoms with Gasteiger partial charge in [-0.15, -0.1) is 0 Å². The summed E-state index contributed by atoms with van der Waals surface area (Å²) in [5.41, 5.74) is 5.19. The molecule has 2 N–H and O–H groups in total. The summed E-state index contributed by atoms with van der Waals surface area (Å²) in [4.78, 5) is 20.6. The number of hydrogen-bond acceptors (Lipinski definition) is 10. The SMILES string of the molecule is NCCOCCOCCOCCOCCOCCCc1ccc([N+](=O)[O-])cc1[N+](=O)[O-]. The first-order valence-corrected chi connectivity index (χ1v) is 10.1. The van der Waals surface area contributed by atoms with E-state index in [0.717, 1.165) is 6.07 Å². The number of non-ortho nitro benzene ring substituents is 1. The highest BCUT2D eigenvalue weighted by Gasteiger charge is 2.18. The quantitative estimate of drug-likeness (QED) is 0.177. The fourth-order valence-corrected chi connectivity index (χ4v) is 2.48. The molecule has 1 rings (SSSR count). The van der Waals surface area contributed by atoms with Crippen LogP contribution in [0.25, 0.3) is 0 Å². The summed E-state index contributed by atoms with van der Waals surface area (Å²) < 4.78 is 26.7. The Morgan fingerprint density at radius 1 is 0.710 bits per heavy atom.